The molecule has 1 heterocycles. The van der Waals surface area contributed by atoms with Crippen LogP contribution >= 0.6 is 23.2 Å². The molecule has 0 aliphatic heterocycles. The fraction of sp³-hybridized carbons (Fsp3) is 0.211. The number of amides is 1. The molecule has 0 saturated heterocycles. The lowest BCUT2D eigenvalue weighted by Gasteiger charge is -2.19. The van der Waals surface area contributed by atoms with Gasteiger partial charge in [-0.2, -0.15) is 5.10 Å². The number of fused-ring (bicyclic) bond motifs is 1. The molecule has 2 aromatic carbocycles. The number of para-hydroxylation sites is 1. The van der Waals surface area contributed by atoms with Crippen molar-refractivity contribution in [3.8, 4) is 0 Å². The number of carbonyl (C=O) groups excluding carboxylic acids is 1. The van der Waals surface area contributed by atoms with Crippen LogP contribution < -0.4 is 5.43 Å². The van der Waals surface area contributed by atoms with Crippen LogP contribution in [0.15, 0.2) is 53.5 Å². The minimum atomic E-state index is -0.129. The molecular formula is C19H17Cl2N3O2. The van der Waals surface area contributed by atoms with Crippen molar-refractivity contribution < 1.29 is 4.79 Å². The Morgan fingerprint density at radius 3 is 2.73 bits per heavy atom. The van der Waals surface area contributed by atoms with Gasteiger partial charge in [0.05, 0.1) is 28.3 Å². The Morgan fingerprint density at radius 2 is 1.92 bits per heavy atom. The highest BCUT2D eigenvalue weighted by atomic mass is 35.5. The number of hydrogen-bond acceptors (Lipinski definition) is 3. The molecule has 0 aliphatic rings. The van der Waals surface area contributed by atoms with Crippen molar-refractivity contribution in [1.29, 1.82) is 0 Å². The number of nitrogens with zero attached hydrogens (tertiary/aromatic N) is 3. The summed E-state index contributed by atoms with van der Waals surface area (Å²) in [7, 11) is 1.72. The van der Waals surface area contributed by atoms with Gasteiger partial charge in [-0.1, -0.05) is 47.5 Å². The second-order valence-electron chi connectivity index (χ2n) is 5.96. The van der Waals surface area contributed by atoms with Gasteiger partial charge in [0.25, 0.3) is 0 Å². The van der Waals surface area contributed by atoms with Crippen molar-refractivity contribution in [2.45, 2.75) is 19.5 Å². The smallest absolute Gasteiger partial charge is 0.224 e. The van der Waals surface area contributed by atoms with Crippen LogP contribution in [-0.4, -0.2) is 27.6 Å². The summed E-state index contributed by atoms with van der Waals surface area (Å²) in [5.74, 6) is -0.0503. The molecular weight excluding hydrogens is 373 g/mol. The molecule has 0 radical (unpaired) electrons. The molecule has 0 bridgehead atoms. The van der Waals surface area contributed by atoms with Crippen LogP contribution in [0.1, 0.15) is 12.0 Å². The van der Waals surface area contributed by atoms with Gasteiger partial charge in [-0.05, 0) is 23.8 Å². The van der Waals surface area contributed by atoms with Gasteiger partial charge < -0.3 is 4.90 Å². The Labute approximate surface area is 160 Å². The van der Waals surface area contributed by atoms with Crippen molar-refractivity contribution in [3.05, 3.63) is 74.5 Å². The maximum atomic E-state index is 12.5. The number of rotatable bonds is 5. The average molecular weight is 390 g/mol. The molecule has 5 nitrogen and oxygen atoms in total. The number of benzene rings is 2. The minimum Gasteiger partial charge on any atom is -0.341 e. The van der Waals surface area contributed by atoms with Gasteiger partial charge in [-0.15, -0.1) is 0 Å². The van der Waals surface area contributed by atoms with Crippen LogP contribution in [0.25, 0.3) is 10.9 Å². The second-order valence-corrected chi connectivity index (χ2v) is 6.75. The van der Waals surface area contributed by atoms with E-state index in [1.54, 1.807) is 34.8 Å². The number of carbonyl (C=O) groups is 1. The summed E-state index contributed by atoms with van der Waals surface area (Å²) in [5, 5.41) is 5.66. The van der Waals surface area contributed by atoms with Crippen molar-refractivity contribution in [3.63, 3.8) is 0 Å². The van der Waals surface area contributed by atoms with E-state index < -0.39 is 0 Å². The number of aryl methyl sites for hydroxylation is 1. The summed E-state index contributed by atoms with van der Waals surface area (Å²) in [4.78, 5) is 25.9. The van der Waals surface area contributed by atoms with E-state index in [1.165, 1.54) is 6.20 Å². The third kappa shape index (κ3) is 3.89. The Kier molecular flexibility index (Phi) is 5.59. The highest BCUT2D eigenvalue weighted by Gasteiger charge is 2.13. The standard InChI is InChI=1S/C19H17Cl2N3O2/c1-23(12-13-5-4-7-15(20)19(13)21)18(26)9-10-24-16-8-3-2-6-14(16)17(25)11-22-24/h2-8,11H,9-10,12H2,1H3. The maximum absolute atomic E-state index is 12.5. The van der Waals surface area contributed by atoms with Crippen LogP contribution in [-0.2, 0) is 17.9 Å². The second kappa shape index (κ2) is 7.89. The maximum Gasteiger partial charge on any atom is 0.224 e. The molecule has 1 aromatic heterocycles. The number of aromatic nitrogens is 2. The van der Waals surface area contributed by atoms with Gasteiger partial charge in [0, 0.05) is 25.4 Å². The first-order valence-electron chi connectivity index (χ1n) is 8.09. The van der Waals surface area contributed by atoms with E-state index in [-0.39, 0.29) is 17.8 Å². The Bertz CT molecular complexity index is 1020. The average Bonchev–Trinajstić information content (AvgIpc) is 2.65. The molecule has 0 N–H and O–H groups in total. The predicted octanol–water partition coefficient (Wildman–Crippen LogP) is 3.75. The third-order valence-electron chi connectivity index (χ3n) is 4.16. The van der Waals surface area contributed by atoms with Crippen LogP contribution in [0.3, 0.4) is 0 Å². The molecule has 7 heteroatoms. The number of hydrogen-bond donors (Lipinski definition) is 0. The van der Waals surface area contributed by atoms with Gasteiger partial charge in [-0.3, -0.25) is 14.3 Å². The Hall–Kier alpha value is -2.37. The molecule has 3 rings (SSSR count). The fourth-order valence-corrected chi connectivity index (χ4v) is 3.13. The van der Waals surface area contributed by atoms with Crippen LogP contribution in [0, 0.1) is 0 Å². The summed E-state index contributed by atoms with van der Waals surface area (Å²) in [5.41, 5.74) is 1.38. The van der Waals surface area contributed by atoms with Crippen LogP contribution in [0.4, 0.5) is 0 Å². The van der Waals surface area contributed by atoms with Crippen molar-refractivity contribution in [1.82, 2.24) is 14.7 Å². The molecule has 0 fully saturated rings. The molecule has 3 aromatic rings. The van der Waals surface area contributed by atoms with Gasteiger partial charge in [0.1, 0.15) is 0 Å². The zero-order valence-corrected chi connectivity index (χ0v) is 15.7. The van der Waals surface area contributed by atoms with Crippen molar-refractivity contribution in [2.75, 3.05) is 7.05 Å². The van der Waals surface area contributed by atoms with Gasteiger partial charge >= 0.3 is 0 Å². The van der Waals surface area contributed by atoms with Crippen molar-refractivity contribution in [2.24, 2.45) is 0 Å². The Morgan fingerprint density at radius 1 is 1.15 bits per heavy atom. The molecule has 0 saturated carbocycles. The van der Waals surface area contributed by atoms with E-state index in [9.17, 15) is 9.59 Å². The lowest BCUT2D eigenvalue weighted by Crippen LogP contribution is -2.27. The molecule has 26 heavy (non-hydrogen) atoms. The van der Waals surface area contributed by atoms with Gasteiger partial charge in [0.2, 0.25) is 11.3 Å². The fourth-order valence-electron chi connectivity index (χ4n) is 2.75. The topological polar surface area (TPSA) is 55.2 Å². The minimum absolute atomic E-state index is 0.0503. The highest BCUT2D eigenvalue weighted by Crippen LogP contribution is 2.26. The highest BCUT2D eigenvalue weighted by molar-refractivity contribution is 6.42. The zero-order chi connectivity index (χ0) is 18.7. The van der Waals surface area contributed by atoms with Crippen molar-refractivity contribution >= 4 is 40.0 Å². The summed E-state index contributed by atoms with van der Waals surface area (Å²) in [6, 6.07) is 12.6. The van der Waals surface area contributed by atoms with E-state index in [2.05, 4.69) is 5.10 Å². The molecule has 0 unspecified atom stereocenters. The molecule has 0 aliphatic carbocycles. The quantitative estimate of drug-likeness (QED) is 0.667. The zero-order valence-electron chi connectivity index (χ0n) is 14.2. The lowest BCUT2D eigenvalue weighted by molar-refractivity contribution is -0.130. The van der Waals surface area contributed by atoms with Crippen LogP contribution in [0.2, 0.25) is 10.0 Å². The van der Waals surface area contributed by atoms with Gasteiger partial charge in [0.15, 0.2) is 0 Å². The van der Waals surface area contributed by atoms with Gasteiger partial charge in [-0.25, -0.2) is 0 Å². The SMILES string of the molecule is CN(Cc1cccc(Cl)c1Cl)C(=O)CCn1ncc(=O)c2ccccc21. The largest absolute Gasteiger partial charge is 0.341 e. The molecule has 0 spiro atoms. The molecule has 1 amide bonds. The summed E-state index contributed by atoms with van der Waals surface area (Å²) >= 11 is 12.2. The van der Waals surface area contributed by atoms with E-state index in [0.717, 1.165) is 5.56 Å². The van der Waals surface area contributed by atoms with E-state index in [4.69, 9.17) is 23.2 Å². The Balaban J connectivity index is 1.70. The van der Waals surface area contributed by atoms with E-state index in [0.29, 0.717) is 34.0 Å². The van der Waals surface area contributed by atoms with E-state index in [1.807, 2.05) is 24.3 Å². The monoisotopic (exact) mass is 389 g/mol. The summed E-state index contributed by atoms with van der Waals surface area (Å²) in [6.07, 6.45) is 1.54. The molecule has 134 valence electrons. The first-order valence-corrected chi connectivity index (χ1v) is 8.84. The molecule has 0 atom stereocenters. The number of halogens is 2. The third-order valence-corrected chi connectivity index (χ3v) is 5.02. The first kappa shape index (κ1) is 18.4. The normalized spacial score (nSPS) is 10.9. The lowest BCUT2D eigenvalue weighted by atomic mass is 10.2. The van der Waals surface area contributed by atoms with Crippen LogP contribution in [0.5, 0.6) is 0 Å². The first-order chi connectivity index (χ1) is 12.5. The summed E-state index contributed by atoms with van der Waals surface area (Å²) in [6.45, 7) is 0.754. The predicted molar refractivity (Wildman–Crippen MR) is 104 cm³/mol. The summed E-state index contributed by atoms with van der Waals surface area (Å²) < 4.78 is 1.68. The van der Waals surface area contributed by atoms with E-state index >= 15 is 0 Å².